The molecule has 0 radical (unpaired) electrons. The average molecular weight is 384 g/mol. The molecule has 0 saturated heterocycles. The summed E-state index contributed by atoms with van der Waals surface area (Å²) in [5.41, 5.74) is 3.68. The summed E-state index contributed by atoms with van der Waals surface area (Å²) in [7, 11) is 0. The summed E-state index contributed by atoms with van der Waals surface area (Å²) in [6.45, 7) is 11.8. The standard InChI is InChI=1S/C24H33NO3/c1-7-17-14-15(2)13-16(3)18(17)19-20(28-22(27)23(4,5)6)24(25-21(19)26)11-9-8-10-12-24/h13-14H,7-12H2,1-6H3,(H,25,26). The molecule has 1 N–H and O–H groups in total. The van der Waals surface area contributed by atoms with Crippen LogP contribution < -0.4 is 5.32 Å². The van der Waals surface area contributed by atoms with E-state index in [1.54, 1.807) is 0 Å². The van der Waals surface area contributed by atoms with Gasteiger partial charge in [0.2, 0.25) is 0 Å². The molecule has 1 aliphatic heterocycles. The van der Waals surface area contributed by atoms with Crippen LogP contribution in [0.25, 0.3) is 5.57 Å². The monoisotopic (exact) mass is 383 g/mol. The van der Waals surface area contributed by atoms with E-state index in [0.29, 0.717) is 11.3 Å². The van der Waals surface area contributed by atoms with Gasteiger partial charge < -0.3 is 10.1 Å². The predicted molar refractivity (Wildman–Crippen MR) is 112 cm³/mol. The summed E-state index contributed by atoms with van der Waals surface area (Å²) in [5, 5.41) is 3.23. The molecule has 3 rings (SSSR count). The second-order valence-corrected chi connectivity index (χ2v) is 9.41. The fraction of sp³-hybridized carbons (Fsp3) is 0.583. The molecule has 0 atom stereocenters. The Balaban J connectivity index is 2.23. The molecule has 0 unspecified atom stereocenters. The maximum absolute atomic E-state index is 13.2. The molecule has 4 heteroatoms. The molecule has 1 fully saturated rings. The number of hydrogen-bond donors (Lipinski definition) is 1. The van der Waals surface area contributed by atoms with Gasteiger partial charge >= 0.3 is 5.97 Å². The number of rotatable bonds is 3. The van der Waals surface area contributed by atoms with Crippen molar-refractivity contribution in [2.75, 3.05) is 0 Å². The van der Waals surface area contributed by atoms with Crippen LogP contribution in [0.1, 0.15) is 82.1 Å². The molecule has 1 spiro atoms. The van der Waals surface area contributed by atoms with Crippen LogP contribution in [0.15, 0.2) is 17.9 Å². The minimum absolute atomic E-state index is 0.111. The first-order valence-electron chi connectivity index (χ1n) is 10.5. The molecule has 0 aromatic heterocycles. The van der Waals surface area contributed by atoms with E-state index in [0.717, 1.165) is 55.2 Å². The molecule has 1 heterocycles. The van der Waals surface area contributed by atoms with Crippen LogP contribution in [0.4, 0.5) is 0 Å². The Morgan fingerprint density at radius 1 is 1.14 bits per heavy atom. The normalized spacial score (nSPS) is 19.1. The minimum Gasteiger partial charge on any atom is -0.427 e. The zero-order chi connectivity index (χ0) is 20.7. The molecule has 4 nitrogen and oxygen atoms in total. The van der Waals surface area contributed by atoms with Crippen LogP contribution in [0.3, 0.4) is 0 Å². The van der Waals surface area contributed by atoms with Gasteiger partial charge in [0.05, 0.1) is 16.5 Å². The third kappa shape index (κ3) is 3.61. The Bertz CT molecular complexity index is 836. The molecule has 2 aliphatic rings. The summed E-state index contributed by atoms with van der Waals surface area (Å²) in [6, 6.07) is 4.24. The summed E-state index contributed by atoms with van der Waals surface area (Å²) in [4.78, 5) is 26.1. The first-order chi connectivity index (χ1) is 13.1. The highest BCUT2D eigenvalue weighted by Crippen LogP contribution is 2.45. The average Bonchev–Trinajstić information content (AvgIpc) is 2.85. The number of hydrogen-bond acceptors (Lipinski definition) is 3. The summed E-state index contributed by atoms with van der Waals surface area (Å²) < 4.78 is 6.05. The quantitative estimate of drug-likeness (QED) is 0.748. The summed E-state index contributed by atoms with van der Waals surface area (Å²) >= 11 is 0. The van der Waals surface area contributed by atoms with Crippen molar-refractivity contribution < 1.29 is 14.3 Å². The van der Waals surface area contributed by atoms with Crippen molar-refractivity contribution in [3.8, 4) is 0 Å². The van der Waals surface area contributed by atoms with Crippen LogP contribution in [-0.2, 0) is 20.7 Å². The van der Waals surface area contributed by atoms with E-state index in [1.165, 1.54) is 5.56 Å². The van der Waals surface area contributed by atoms with Gasteiger partial charge in [-0.3, -0.25) is 9.59 Å². The van der Waals surface area contributed by atoms with Crippen molar-refractivity contribution in [2.24, 2.45) is 5.41 Å². The molecular weight excluding hydrogens is 350 g/mol. The highest BCUT2D eigenvalue weighted by molar-refractivity contribution is 6.24. The Hall–Kier alpha value is -2.10. The topological polar surface area (TPSA) is 55.4 Å². The van der Waals surface area contributed by atoms with Crippen molar-refractivity contribution in [3.05, 3.63) is 40.1 Å². The van der Waals surface area contributed by atoms with E-state index in [9.17, 15) is 9.59 Å². The first kappa shape index (κ1) is 20.6. The van der Waals surface area contributed by atoms with Crippen molar-refractivity contribution in [3.63, 3.8) is 0 Å². The lowest BCUT2D eigenvalue weighted by Crippen LogP contribution is -2.47. The molecule has 1 amide bonds. The SMILES string of the molecule is CCc1cc(C)cc(C)c1C1=C(OC(=O)C(C)(C)C)C2(CCCCC2)NC1=O. The highest BCUT2D eigenvalue weighted by Gasteiger charge is 2.49. The molecule has 28 heavy (non-hydrogen) atoms. The van der Waals surface area contributed by atoms with E-state index in [2.05, 4.69) is 31.3 Å². The lowest BCUT2D eigenvalue weighted by atomic mass is 9.79. The van der Waals surface area contributed by atoms with Gasteiger partial charge in [-0.25, -0.2) is 0 Å². The van der Waals surface area contributed by atoms with E-state index < -0.39 is 11.0 Å². The van der Waals surface area contributed by atoms with Gasteiger partial charge in [0.15, 0.2) is 0 Å². The van der Waals surface area contributed by atoms with Gasteiger partial charge in [-0.2, -0.15) is 0 Å². The Morgan fingerprint density at radius 3 is 2.36 bits per heavy atom. The van der Waals surface area contributed by atoms with Crippen molar-refractivity contribution in [2.45, 2.75) is 85.6 Å². The van der Waals surface area contributed by atoms with Gasteiger partial charge in [-0.1, -0.05) is 43.9 Å². The summed E-state index contributed by atoms with van der Waals surface area (Å²) in [6.07, 6.45) is 5.66. The second kappa shape index (κ2) is 7.38. The van der Waals surface area contributed by atoms with Crippen molar-refractivity contribution >= 4 is 17.4 Å². The molecular formula is C24H33NO3. The number of nitrogens with one attached hydrogen (secondary N) is 1. The number of benzene rings is 1. The first-order valence-corrected chi connectivity index (χ1v) is 10.5. The highest BCUT2D eigenvalue weighted by atomic mass is 16.5. The minimum atomic E-state index is -0.629. The molecule has 1 saturated carbocycles. The zero-order valence-corrected chi connectivity index (χ0v) is 18.1. The fourth-order valence-electron chi connectivity index (χ4n) is 4.50. The number of aryl methyl sites for hydroxylation is 3. The van der Waals surface area contributed by atoms with Crippen molar-refractivity contribution in [1.82, 2.24) is 5.32 Å². The van der Waals surface area contributed by atoms with E-state index in [-0.39, 0.29) is 11.9 Å². The third-order valence-corrected chi connectivity index (χ3v) is 5.95. The predicted octanol–water partition coefficient (Wildman–Crippen LogP) is 5.00. The molecule has 152 valence electrons. The third-order valence-electron chi connectivity index (χ3n) is 5.95. The van der Waals surface area contributed by atoms with Gasteiger partial charge in [0.25, 0.3) is 5.91 Å². The van der Waals surface area contributed by atoms with E-state index >= 15 is 0 Å². The Morgan fingerprint density at radius 2 is 1.79 bits per heavy atom. The molecule has 1 aliphatic carbocycles. The maximum atomic E-state index is 13.2. The van der Waals surface area contributed by atoms with Crippen LogP contribution in [0.5, 0.6) is 0 Å². The van der Waals surface area contributed by atoms with E-state index in [4.69, 9.17) is 4.74 Å². The fourth-order valence-corrected chi connectivity index (χ4v) is 4.50. The maximum Gasteiger partial charge on any atom is 0.316 e. The number of carbonyl (C=O) groups excluding carboxylic acids is 2. The lowest BCUT2D eigenvalue weighted by molar-refractivity contribution is -0.149. The van der Waals surface area contributed by atoms with E-state index in [1.807, 2.05) is 27.7 Å². The summed E-state index contributed by atoms with van der Waals surface area (Å²) in [5.74, 6) is 0.156. The van der Waals surface area contributed by atoms with Crippen LogP contribution in [0.2, 0.25) is 0 Å². The number of esters is 1. The van der Waals surface area contributed by atoms with Crippen LogP contribution >= 0.6 is 0 Å². The number of ether oxygens (including phenoxy) is 1. The largest absolute Gasteiger partial charge is 0.427 e. The lowest BCUT2D eigenvalue weighted by Gasteiger charge is -2.35. The van der Waals surface area contributed by atoms with Crippen LogP contribution in [-0.4, -0.2) is 17.4 Å². The Labute approximate surface area is 168 Å². The zero-order valence-electron chi connectivity index (χ0n) is 18.1. The molecule has 0 bridgehead atoms. The number of carbonyl (C=O) groups is 2. The second-order valence-electron chi connectivity index (χ2n) is 9.41. The smallest absolute Gasteiger partial charge is 0.316 e. The number of amides is 1. The van der Waals surface area contributed by atoms with Gasteiger partial charge in [-0.05, 0) is 70.6 Å². The van der Waals surface area contributed by atoms with Crippen molar-refractivity contribution in [1.29, 1.82) is 0 Å². The van der Waals surface area contributed by atoms with Gasteiger partial charge in [-0.15, -0.1) is 0 Å². The van der Waals surface area contributed by atoms with Gasteiger partial charge in [0.1, 0.15) is 5.76 Å². The molecule has 1 aromatic carbocycles. The van der Waals surface area contributed by atoms with Crippen LogP contribution in [0, 0.1) is 19.3 Å². The van der Waals surface area contributed by atoms with Gasteiger partial charge in [0, 0.05) is 0 Å². The Kier molecular flexibility index (Phi) is 5.44. The molecule has 1 aromatic rings.